The van der Waals surface area contributed by atoms with Crippen LogP contribution in [0.25, 0.3) is 0 Å². The number of alkyl halides is 1. The molecule has 0 bridgehead atoms. The molecule has 2 unspecified atom stereocenters. The highest BCUT2D eigenvalue weighted by Crippen LogP contribution is 2.30. The zero-order valence-corrected chi connectivity index (χ0v) is 13.1. The van der Waals surface area contributed by atoms with Crippen molar-refractivity contribution in [1.82, 2.24) is 4.90 Å². The van der Waals surface area contributed by atoms with Gasteiger partial charge in [0.1, 0.15) is 0 Å². The Bertz CT molecular complexity index is 274. The molecule has 104 valence electrons. The predicted molar refractivity (Wildman–Crippen MR) is 78.9 cm³/mol. The van der Waals surface area contributed by atoms with E-state index in [0.717, 1.165) is 24.7 Å². The normalized spacial score (nSPS) is 31.1. The van der Waals surface area contributed by atoms with Gasteiger partial charge in [0.2, 0.25) is 5.91 Å². The van der Waals surface area contributed by atoms with Gasteiger partial charge >= 0.3 is 0 Å². The number of carbonyl (C=O) groups is 1. The number of nitrogens with zero attached hydrogens (tertiary/aromatic N) is 1. The lowest BCUT2D eigenvalue weighted by Gasteiger charge is -2.30. The van der Waals surface area contributed by atoms with Crippen LogP contribution in [0.15, 0.2) is 0 Å². The van der Waals surface area contributed by atoms with Crippen molar-refractivity contribution in [3.05, 3.63) is 0 Å². The first-order valence-corrected chi connectivity index (χ1v) is 8.72. The number of rotatable bonds is 2. The first kappa shape index (κ1) is 14.4. The molecule has 2 rings (SSSR count). The van der Waals surface area contributed by atoms with Crippen molar-refractivity contribution >= 4 is 21.8 Å². The van der Waals surface area contributed by atoms with Crippen molar-refractivity contribution in [2.45, 2.75) is 64.3 Å². The lowest BCUT2D eigenvalue weighted by Crippen LogP contribution is -2.42. The highest BCUT2D eigenvalue weighted by molar-refractivity contribution is 9.09. The zero-order chi connectivity index (χ0) is 13.0. The minimum atomic E-state index is 0.317. The minimum absolute atomic E-state index is 0.317. The molecule has 0 aromatic rings. The lowest BCUT2D eigenvalue weighted by molar-refractivity contribution is -0.137. The Morgan fingerprint density at radius 2 is 1.72 bits per heavy atom. The average molecular weight is 316 g/mol. The first-order chi connectivity index (χ1) is 8.74. The molecule has 0 aromatic heterocycles. The molecule has 2 atom stereocenters. The molecule has 1 saturated heterocycles. The zero-order valence-electron chi connectivity index (χ0n) is 11.5. The van der Waals surface area contributed by atoms with Crippen LogP contribution in [0.4, 0.5) is 0 Å². The average Bonchev–Trinajstić information content (AvgIpc) is 2.69. The minimum Gasteiger partial charge on any atom is -0.338 e. The van der Waals surface area contributed by atoms with Gasteiger partial charge in [-0.1, -0.05) is 55.0 Å². The Morgan fingerprint density at radius 1 is 1.11 bits per heavy atom. The summed E-state index contributed by atoms with van der Waals surface area (Å²) in [5, 5.41) is 0.937. The highest BCUT2D eigenvalue weighted by atomic mass is 79.9. The summed E-state index contributed by atoms with van der Waals surface area (Å²) in [6.07, 6.45) is 9.93. The Hall–Kier alpha value is -0.0500. The molecule has 2 nitrogen and oxygen atoms in total. The van der Waals surface area contributed by atoms with E-state index in [4.69, 9.17) is 0 Å². The molecule has 18 heavy (non-hydrogen) atoms. The van der Waals surface area contributed by atoms with E-state index in [0.29, 0.717) is 23.8 Å². The van der Waals surface area contributed by atoms with Gasteiger partial charge in [0, 0.05) is 23.8 Å². The molecule has 0 aromatic carbocycles. The maximum Gasteiger partial charge on any atom is 0.225 e. The van der Waals surface area contributed by atoms with E-state index in [9.17, 15) is 4.79 Å². The van der Waals surface area contributed by atoms with Crippen molar-refractivity contribution < 1.29 is 4.79 Å². The van der Waals surface area contributed by atoms with Gasteiger partial charge < -0.3 is 4.90 Å². The Balaban J connectivity index is 1.96. The Morgan fingerprint density at radius 3 is 2.33 bits per heavy atom. The fourth-order valence-corrected chi connectivity index (χ4v) is 4.44. The first-order valence-electron chi connectivity index (χ1n) is 7.60. The second kappa shape index (κ2) is 6.93. The van der Waals surface area contributed by atoms with E-state index in [2.05, 4.69) is 27.8 Å². The van der Waals surface area contributed by atoms with Crippen LogP contribution in [0.3, 0.4) is 0 Å². The molecule has 1 aliphatic heterocycles. The van der Waals surface area contributed by atoms with Gasteiger partial charge in [-0.25, -0.2) is 0 Å². The van der Waals surface area contributed by atoms with Crippen LogP contribution >= 0.6 is 15.9 Å². The van der Waals surface area contributed by atoms with Gasteiger partial charge in [0.25, 0.3) is 0 Å². The second-order valence-electron chi connectivity index (χ2n) is 6.06. The summed E-state index contributed by atoms with van der Waals surface area (Å²) in [5.74, 6) is 1.42. The number of halogens is 1. The molecule has 1 aliphatic carbocycles. The monoisotopic (exact) mass is 315 g/mol. The number of hydrogen-bond acceptors (Lipinski definition) is 1. The molecule has 0 radical (unpaired) electrons. The summed E-state index contributed by atoms with van der Waals surface area (Å²) in [6.45, 7) is 3.25. The van der Waals surface area contributed by atoms with E-state index in [-0.39, 0.29) is 0 Å². The van der Waals surface area contributed by atoms with Gasteiger partial charge in [-0.05, 0) is 25.2 Å². The van der Waals surface area contributed by atoms with Crippen molar-refractivity contribution in [1.29, 1.82) is 0 Å². The van der Waals surface area contributed by atoms with Crippen LogP contribution in [0.1, 0.15) is 58.3 Å². The lowest BCUT2D eigenvalue weighted by atomic mass is 9.90. The topological polar surface area (TPSA) is 20.3 Å². The van der Waals surface area contributed by atoms with Crippen molar-refractivity contribution in [2.75, 3.05) is 11.9 Å². The SMILES string of the molecule is CC1CCN(C(=O)C2CCCCCCC2)C1CBr. The van der Waals surface area contributed by atoms with Gasteiger partial charge in [-0.15, -0.1) is 0 Å². The van der Waals surface area contributed by atoms with E-state index in [1.54, 1.807) is 0 Å². The van der Waals surface area contributed by atoms with E-state index >= 15 is 0 Å². The van der Waals surface area contributed by atoms with Crippen LogP contribution in [-0.4, -0.2) is 28.7 Å². The third-order valence-corrected chi connectivity index (χ3v) is 5.44. The van der Waals surface area contributed by atoms with Crippen molar-refractivity contribution in [3.63, 3.8) is 0 Å². The molecular formula is C15H26BrNO. The van der Waals surface area contributed by atoms with Gasteiger partial charge in [-0.2, -0.15) is 0 Å². The molecule has 2 fully saturated rings. The van der Waals surface area contributed by atoms with Crippen molar-refractivity contribution in [2.24, 2.45) is 11.8 Å². The third-order valence-electron chi connectivity index (χ3n) is 4.78. The number of carbonyl (C=O) groups excluding carboxylic acids is 1. The fraction of sp³-hybridized carbons (Fsp3) is 0.933. The van der Waals surface area contributed by atoms with Crippen LogP contribution in [-0.2, 0) is 4.79 Å². The van der Waals surface area contributed by atoms with E-state index < -0.39 is 0 Å². The highest BCUT2D eigenvalue weighted by Gasteiger charge is 2.36. The fourth-order valence-electron chi connectivity index (χ4n) is 3.45. The number of amides is 1. The maximum absolute atomic E-state index is 12.7. The van der Waals surface area contributed by atoms with Crippen LogP contribution in [0.2, 0.25) is 0 Å². The van der Waals surface area contributed by atoms with Crippen molar-refractivity contribution in [3.8, 4) is 0 Å². The van der Waals surface area contributed by atoms with E-state index in [1.807, 2.05) is 0 Å². The molecule has 1 heterocycles. The Labute approximate surface area is 120 Å². The second-order valence-corrected chi connectivity index (χ2v) is 6.71. The maximum atomic E-state index is 12.7. The van der Waals surface area contributed by atoms with Gasteiger partial charge in [0.15, 0.2) is 0 Å². The summed E-state index contributed by atoms with van der Waals surface area (Å²) in [4.78, 5) is 14.9. The summed E-state index contributed by atoms with van der Waals surface area (Å²) >= 11 is 3.58. The summed E-state index contributed by atoms with van der Waals surface area (Å²) in [6, 6.07) is 0.433. The van der Waals surface area contributed by atoms with Crippen LogP contribution in [0, 0.1) is 11.8 Å². The van der Waals surface area contributed by atoms with Gasteiger partial charge in [-0.3, -0.25) is 4.79 Å². The van der Waals surface area contributed by atoms with E-state index in [1.165, 1.54) is 38.5 Å². The molecule has 0 spiro atoms. The van der Waals surface area contributed by atoms with Crippen LogP contribution < -0.4 is 0 Å². The standard InChI is InChI=1S/C15H26BrNO/c1-12-9-10-17(14(12)11-16)15(18)13-7-5-3-2-4-6-8-13/h12-14H,2-11H2,1H3. The smallest absolute Gasteiger partial charge is 0.225 e. The Kier molecular flexibility index (Phi) is 5.53. The predicted octanol–water partition coefficient (Wildman–Crippen LogP) is 3.98. The molecule has 1 saturated carbocycles. The summed E-state index contributed by atoms with van der Waals surface area (Å²) in [5.41, 5.74) is 0. The van der Waals surface area contributed by atoms with Gasteiger partial charge in [0.05, 0.1) is 0 Å². The quantitative estimate of drug-likeness (QED) is 0.706. The number of hydrogen-bond donors (Lipinski definition) is 0. The molecule has 3 heteroatoms. The van der Waals surface area contributed by atoms with Crippen LogP contribution in [0.5, 0.6) is 0 Å². The molecule has 2 aliphatic rings. The summed E-state index contributed by atoms with van der Waals surface area (Å²) in [7, 11) is 0. The number of likely N-dealkylation sites (tertiary alicyclic amines) is 1. The summed E-state index contributed by atoms with van der Waals surface area (Å²) < 4.78 is 0. The third kappa shape index (κ3) is 3.28. The molecular weight excluding hydrogens is 290 g/mol. The molecule has 0 N–H and O–H groups in total. The largest absolute Gasteiger partial charge is 0.338 e. The molecule has 1 amide bonds.